The lowest BCUT2D eigenvalue weighted by Gasteiger charge is -2.12. The number of carbonyl (C=O) groups excluding carboxylic acids is 2. The van der Waals surface area contributed by atoms with Crippen molar-refractivity contribution in [2.45, 2.75) is 0 Å². The van der Waals surface area contributed by atoms with E-state index in [1.165, 1.54) is 12.2 Å². The fraction of sp³-hybridized carbons (Fsp3) is 0. The topological polar surface area (TPSA) is 37.4 Å². The van der Waals surface area contributed by atoms with Gasteiger partial charge in [0.15, 0.2) is 0 Å². The van der Waals surface area contributed by atoms with Gasteiger partial charge in [0.1, 0.15) is 0 Å². The Morgan fingerprint density at radius 2 is 1.77 bits per heavy atom. The standard InChI is InChI=1S/C10H6NO2/c12-9-6-7-10(13)11(9)8-4-2-1-3-5-8/h1-4,6-7H. The smallest absolute Gasteiger partial charge is 0.258 e. The van der Waals surface area contributed by atoms with Crippen LogP contribution >= 0.6 is 0 Å². The summed E-state index contributed by atoms with van der Waals surface area (Å²) in [7, 11) is 0. The molecule has 2 amide bonds. The van der Waals surface area contributed by atoms with Gasteiger partial charge in [-0.3, -0.25) is 9.59 Å². The molecule has 1 aromatic carbocycles. The fourth-order valence-corrected chi connectivity index (χ4v) is 1.16. The summed E-state index contributed by atoms with van der Waals surface area (Å²) in [5.74, 6) is -0.625. The minimum atomic E-state index is -0.313. The van der Waals surface area contributed by atoms with E-state index >= 15 is 0 Å². The molecule has 63 valence electrons. The number of carbonyl (C=O) groups is 2. The van der Waals surface area contributed by atoms with E-state index in [4.69, 9.17) is 0 Å². The second kappa shape index (κ2) is 2.86. The van der Waals surface area contributed by atoms with Gasteiger partial charge in [-0.25, -0.2) is 4.90 Å². The summed E-state index contributed by atoms with van der Waals surface area (Å²) in [6.45, 7) is 0. The number of imide groups is 1. The van der Waals surface area contributed by atoms with Crippen LogP contribution in [0.4, 0.5) is 5.69 Å². The third-order valence-corrected chi connectivity index (χ3v) is 1.74. The molecule has 1 aromatic rings. The van der Waals surface area contributed by atoms with Crippen molar-refractivity contribution >= 4 is 17.5 Å². The Kier molecular flexibility index (Phi) is 1.70. The van der Waals surface area contributed by atoms with E-state index in [1.54, 1.807) is 24.3 Å². The Morgan fingerprint density at radius 1 is 1.08 bits per heavy atom. The number of hydrogen-bond acceptors (Lipinski definition) is 2. The van der Waals surface area contributed by atoms with Crippen LogP contribution in [0.15, 0.2) is 36.4 Å². The molecule has 2 rings (SSSR count). The average molecular weight is 172 g/mol. The van der Waals surface area contributed by atoms with Crippen molar-refractivity contribution in [3.8, 4) is 0 Å². The molecule has 13 heavy (non-hydrogen) atoms. The monoisotopic (exact) mass is 172 g/mol. The quantitative estimate of drug-likeness (QED) is 0.590. The zero-order valence-corrected chi connectivity index (χ0v) is 6.73. The minimum absolute atomic E-state index is 0.313. The highest BCUT2D eigenvalue weighted by Gasteiger charge is 2.24. The van der Waals surface area contributed by atoms with Crippen molar-refractivity contribution in [1.82, 2.24) is 0 Å². The molecule has 0 aliphatic carbocycles. The van der Waals surface area contributed by atoms with Crippen molar-refractivity contribution < 1.29 is 9.59 Å². The molecule has 1 aliphatic rings. The maximum absolute atomic E-state index is 11.2. The molecule has 0 fully saturated rings. The predicted molar refractivity (Wildman–Crippen MR) is 46.9 cm³/mol. The van der Waals surface area contributed by atoms with Crippen molar-refractivity contribution in [2.75, 3.05) is 4.90 Å². The lowest BCUT2D eigenvalue weighted by Crippen LogP contribution is -2.29. The summed E-state index contributed by atoms with van der Waals surface area (Å²) in [5.41, 5.74) is 0.488. The molecule has 1 heterocycles. The van der Waals surface area contributed by atoms with Crippen molar-refractivity contribution in [3.63, 3.8) is 0 Å². The van der Waals surface area contributed by atoms with Crippen LogP contribution in [0.1, 0.15) is 0 Å². The van der Waals surface area contributed by atoms with Crippen LogP contribution in [0.25, 0.3) is 0 Å². The van der Waals surface area contributed by atoms with Crippen LogP contribution in [-0.2, 0) is 9.59 Å². The summed E-state index contributed by atoms with van der Waals surface area (Å²) in [4.78, 5) is 23.5. The number of para-hydroxylation sites is 1. The van der Waals surface area contributed by atoms with Crippen LogP contribution in [0.5, 0.6) is 0 Å². The van der Waals surface area contributed by atoms with Crippen LogP contribution in [0.3, 0.4) is 0 Å². The van der Waals surface area contributed by atoms with E-state index in [0.29, 0.717) is 5.69 Å². The van der Waals surface area contributed by atoms with E-state index in [1.807, 2.05) is 0 Å². The van der Waals surface area contributed by atoms with Gasteiger partial charge in [-0.2, -0.15) is 0 Å². The number of benzene rings is 1. The van der Waals surface area contributed by atoms with Crippen LogP contribution in [0, 0.1) is 6.07 Å². The van der Waals surface area contributed by atoms with Gasteiger partial charge in [-0.15, -0.1) is 0 Å². The molecular formula is C10H6NO2. The number of rotatable bonds is 1. The number of amides is 2. The maximum atomic E-state index is 11.2. The minimum Gasteiger partial charge on any atom is -0.269 e. The predicted octanol–water partition coefficient (Wildman–Crippen LogP) is 0.916. The first kappa shape index (κ1) is 7.73. The second-order valence-electron chi connectivity index (χ2n) is 2.59. The highest BCUT2D eigenvalue weighted by Crippen LogP contribution is 2.16. The molecule has 0 unspecified atom stereocenters. The Morgan fingerprint density at radius 3 is 2.31 bits per heavy atom. The molecule has 1 radical (unpaired) electrons. The first-order valence-electron chi connectivity index (χ1n) is 3.82. The van der Waals surface area contributed by atoms with Crippen LogP contribution < -0.4 is 4.90 Å². The molecule has 0 saturated carbocycles. The van der Waals surface area contributed by atoms with Crippen molar-refractivity contribution in [3.05, 3.63) is 42.5 Å². The Hall–Kier alpha value is -1.90. The van der Waals surface area contributed by atoms with E-state index in [2.05, 4.69) is 6.07 Å². The van der Waals surface area contributed by atoms with Gasteiger partial charge in [0, 0.05) is 18.2 Å². The van der Waals surface area contributed by atoms with E-state index in [-0.39, 0.29) is 11.8 Å². The highest BCUT2D eigenvalue weighted by atomic mass is 16.2. The maximum Gasteiger partial charge on any atom is 0.258 e. The lowest BCUT2D eigenvalue weighted by atomic mass is 10.3. The number of hydrogen-bond donors (Lipinski definition) is 0. The Balaban J connectivity index is 2.38. The van der Waals surface area contributed by atoms with Crippen molar-refractivity contribution in [1.29, 1.82) is 0 Å². The zero-order valence-electron chi connectivity index (χ0n) is 6.73. The molecule has 0 bridgehead atoms. The molecule has 0 aromatic heterocycles. The lowest BCUT2D eigenvalue weighted by molar-refractivity contribution is -0.119. The zero-order chi connectivity index (χ0) is 9.26. The molecule has 0 atom stereocenters. The van der Waals surface area contributed by atoms with Gasteiger partial charge in [0.25, 0.3) is 11.8 Å². The van der Waals surface area contributed by atoms with Crippen LogP contribution in [0.2, 0.25) is 0 Å². The third-order valence-electron chi connectivity index (χ3n) is 1.74. The van der Waals surface area contributed by atoms with Gasteiger partial charge in [0.05, 0.1) is 5.69 Å². The van der Waals surface area contributed by atoms with Gasteiger partial charge >= 0.3 is 0 Å². The largest absolute Gasteiger partial charge is 0.269 e. The van der Waals surface area contributed by atoms with Crippen molar-refractivity contribution in [2.24, 2.45) is 0 Å². The van der Waals surface area contributed by atoms with Gasteiger partial charge < -0.3 is 0 Å². The summed E-state index contributed by atoms with van der Waals surface area (Å²) in [6, 6.07) is 9.68. The van der Waals surface area contributed by atoms with E-state index < -0.39 is 0 Å². The molecule has 3 heteroatoms. The van der Waals surface area contributed by atoms with Gasteiger partial charge in [0.2, 0.25) is 0 Å². The highest BCUT2D eigenvalue weighted by molar-refractivity contribution is 6.28. The molecular weight excluding hydrogens is 166 g/mol. The molecule has 3 nitrogen and oxygen atoms in total. The summed E-state index contributed by atoms with van der Waals surface area (Å²) < 4.78 is 0. The third kappa shape index (κ3) is 1.24. The van der Waals surface area contributed by atoms with E-state index in [0.717, 1.165) is 4.90 Å². The average Bonchev–Trinajstić information content (AvgIpc) is 2.48. The van der Waals surface area contributed by atoms with E-state index in [9.17, 15) is 9.59 Å². The number of anilines is 1. The molecule has 0 saturated heterocycles. The first-order valence-corrected chi connectivity index (χ1v) is 3.82. The summed E-state index contributed by atoms with van der Waals surface area (Å²) >= 11 is 0. The molecule has 0 N–H and O–H groups in total. The summed E-state index contributed by atoms with van der Waals surface area (Å²) in [6.07, 6.45) is 2.51. The summed E-state index contributed by atoms with van der Waals surface area (Å²) in [5, 5.41) is 0. The van der Waals surface area contributed by atoms with Gasteiger partial charge in [-0.05, 0) is 6.07 Å². The SMILES string of the molecule is O=C1C=CC(=O)N1c1[c]cccc1. The first-order chi connectivity index (χ1) is 6.29. The molecule has 1 aliphatic heterocycles. The number of nitrogens with zero attached hydrogens (tertiary/aromatic N) is 1. The van der Waals surface area contributed by atoms with Gasteiger partial charge in [-0.1, -0.05) is 18.2 Å². The Labute approximate surface area is 75.3 Å². The molecule has 0 spiro atoms. The van der Waals surface area contributed by atoms with Crippen LogP contribution in [-0.4, -0.2) is 11.8 Å². The fourth-order valence-electron chi connectivity index (χ4n) is 1.16. The normalized spacial score (nSPS) is 15.5. The second-order valence-corrected chi connectivity index (χ2v) is 2.59. The Bertz CT molecular complexity index is 363.